The van der Waals surface area contributed by atoms with Crippen LogP contribution in [0.15, 0.2) is 0 Å². The lowest BCUT2D eigenvalue weighted by Gasteiger charge is -2.44. The highest BCUT2D eigenvalue weighted by Crippen LogP contribution is 2.42. The molecule has 0 bridgehead atoms. The molecular weight excluding hydrogens is 308 g/mol. The first-order chi connectivity index (χ1) is 10.5. The summed E-state index contributed by atoms with van der Waals surface area (Å²) in [5.41, 5.74) is 0. The number of ketones is 1. The Morgan fingerprint density at radius 2 is 1.87 bits per heavy atom. The number of carbonyl (C=O) groups is 2. The average Bonchev–Trinajstić information content (AvgIpc) is 2.43. The normalized spacial score (nSPS) is 26.2. The molecule has 1 saturated carbocycles. The molecule has 1 rings (SSSR count). The second-order valence-corrected chi connectivity index (χ2v) is 13.1. The van der Waals surface area contributed by atoms with E-state index in [4.69, 9.17) is 9.16 Å². The van der Waals surface area contributed by atoms with Crippen LogP contribution in [0.2, 0.25) is 18.1 Å². The lowest BCUT2D eigenvalue weighted by Crippen LogP contribution is -2.50. The summed E-state index contributed by atoms with van der Waals surface area (Å²) in [6.07, 6.45) is 3.64. The van der Waals surface area contributed by atoms with Crippen LogP contribution < -0.4 is 0 Å². The van der Waals surface area contributed by atoms with Gasteiger partial charge < -0.3 is 9.16 Å². The molecule has 1 fully saturated rings. The maximum absolute atomic E-state index is 12.2. The fraction of sp³-hybridized carbons (Fsp3) is 0.889. The van der Waals surface area contributed by atoms with E-state index in [-0.39, 0.29) is 34.7 Å². The summed E-state index contributed by atoms with van der Waals surface area (Å²) in [5, 5.41) is 0.0869. The summed E-state index contributed by atoms with van der Waals surface area (Å²) in [7, 11) is -0.577. The summed E-state index contributed by atoms with van der Waals surface area (Å²) in [6, 6.07) is 0. The van der Waals surface area contributed by atoms with E-state index in [0.29, 0.717) is 12.8 Å². The Kier molecular flexibility index (Phi) is 7.02. The largest absolute Gasteiger partial charge is 0.469 e. The fourth-order valence-electron chi connectivity index (χ4n) is 3.04. The van der Waals surface area contributed by atoms with Gasteiger partial charge in [-0.2, -0.15) is 0 Å². The zero-order valence-electron chi connectivity index (χ0n) is 15.9. The van der Waals surface area contributed by atoms with Crippen molar-refractivity contribution in [2.24, 2.45) is 11.8 Å². The molecule has 0 radical (unpaired) electrons. The topological polar surface area (TPSA) is 52.6 Å². The first-order valence-corrected chi connectivity index (χ1v) is 11.7. The molecule has 23 heavy (non-hydrogen) atoms. The van der Waals surface area contributed by atoms with E-state index in [1.54, 1.807) is 0 Å². The Morgan fingerprint density at radius 1 is 1.26 bits per heavy atom. The minimum absolute atomic E-state index is 0.0869. The summed E-state index contributed by atoms with van der Waals surface area (Å²) < 4.78 is 11.5. The van der Waals surface area contributed by atoms with E-state index in [0.717, 1.165) is 19.3 Å². The molecule has 0 aromatic rings. The third-order valence-electron chi connectivity index (χ3n) is 5.52. The van der Waals surface area contributed by atoms with E-state index >= 15 is 0 Å². The van der Waals surface area contributed by atoms with Crippen LogP contribution in [0.3, 0.4) is 0 Å². The van der Waals surface area contributed by atoms with Gasteiger partial charge in [-0.05, 0) is 30.5 Å². The van der Waals surface area contributed by atoms with Gasteiger partial charge in [0.1, 0.15) is 5.78 Å². The molecule has 1 aliphatic rings. The maximum atomic E-state index is 12.2. The molecule has 1 aliphatic carbocycles. The minimum Gasteiger partial charge on any atom is -0.469 e. The highest BCUT2D eigenvalue weighted by atomic mass is 28.4. The summed E-state index contributed by atoms with van der Waals surface area (Å²) >= 11 is 0. The minimum atomic E-state index is -1.98. The van der Waals surface area contributed by atoms with Gasteiger partial charge in [0.25, 0.3) is 0 Å². The van der Waals surface area contributed by atoms with Gasteiger partial charge in [-0.15, -0.1) is 0 Å². The maximum Gasteiger partial charge on any atom is 0.309 e. The average molecular weight is 343 g/mol. The second-order valence-electron chi connectivity index (χ2n) is 8.30. The Hall–Kier alpha value is -0.683. The van der Waals surface area contributed by atoms with E-state index in [1.165, 1.54) is 7.11 Å². The van der Waals surface area contributed by atoms with Crippen molar-refractivity contribution < 1.29 is 18.8 Å². The Labute approximate surface area is 142 Å². The molecule has 0 heterocycles. The van der Waals surface area contributed by atoms with E-state index in [9.17, 15) is 9.59 Å². The van der Waals surface area contributed by atoms with Gasteiger partial charge in [-0.25, -0.2) is 0 Å². The predicted octanol–water partition coefficient (Wildman–Crippen LogP) is 4.34. The summed E-state index contributed by atoms with van der Waals surface area (Å²) in [6.45, 7) is 13.1. The van der Waals surface area contributed by atoms with Crippen LogP contribution in [0.4, 0.5) is 0 Å². The molecule has 0 amide bonds. The number of ether oxygens (including phenoxy) is 1. The third kappa shape index (κ3) is 5.15. The second kappa shape index (κ2) is 7.93. The van der Waals surface area contributed by atoms with Gasteiger partial charge in [0.2, 0.25) is 0 Å². The van der Waals surface area contributed by atoms with Crippen molar-refractivity contribution >= 4 is 20.1 Å². The zero-order chi connectivity index (χ0) is 17.8. The molecule has 0 N–H and O–H groups in total. The lowest BCUT2D eigenvalue weighted by molar-refractivity contribution is -0.154. The van der Waals surface area contributed by atoms with Crippen molar-refractivity contribution in [1.82, 2.24) is 0 Å². The SMILES string of the molecule is CCCC[C@@H]1[C@@H](O[Si](C)(C)C(C)(C)C)CC(=O)C[C@H]1C(=O)OC. The Balaban J connectivity index is 3.03. The first-order valence-electron chi connectivity index (χ1n) is 8.80. The third-order valence-corrected chi connectivity index (χ3v) is 10.0. The molecule has 4 nitrogen and oxygen atoms in total. The van der Waals surface area contributed by atoms with Gasteiger partial charge in [0.15, 0.2) is 8.32 Å². The van der Waals surface area contributed by atoms with Gasteiger partial charge in [0, 0.05) is 12.8 Å². The number of rotatable bonds is 6. The van der Waals surface area contributed by atoms with Crippen LogP contribution in [0.1, 0.15) is 59.8 Å². The molecule has 0 aromatic heterocycles. The molecule has 5 heteroatoms. The molecular formula is C18H34O4Si. The summed E-state index contributed by atoms with van der Waals surface area (Å²) in [5.74, 6) is -0.392. The lowest BCUT2D eigenvalue weighted by atomic mass is 9.74. The van der Waals surface area contributed by atoms with Crippen molar-refractivity contribution in [3.8, 4) is 0 Å². The quantitative estimate of drug-likeness (QED) is 0.532. The number of Topliss-reactive ketones (excluding diaryl/α,β-unsaturated/α-hetero) is 1. The van der Waals surface area contributed by atoms with Crippen molar-refractivity contribution in [2.45, 2.75) is 84.0 Å². The van der Waals surface area contributed by atoms with Crippen molar-refractivity contribution in [2.75, 3.05) is 7.11 Å². The fourth-order valence-corrected chi connectivity index (χ4v) is 4.40. The predicted molar refractivity (Wildman–Crippen MR) is 94.8 cm³/mol. The smallest absolute Gasteiger partial charge is 0.309 e. The number of esters is 1. The number of hydrogen-bond acceptors (Lipinski definition) is 4. The number of unbranched alkanes of at least 4 members (excludes halogenated alkanes) is 1. The van der Waals surface area contributed by atoms with Crippen molar-refractivity contribution in [1.29, 1.82) is 0 Å². The van der Waals surface area contributed by atoms with Crippen molar-refractivity contribution in [3.63, 3.8) is 0 Å². The molecule has 0 spiro atoms. The molecule has 0 unspecified atom stereocenters. The number of methoxy groups -OCH3 is 1. The van der Waals surface area contributed by atoms with Crippen LogP contribution in [-0.4, -0.2) is 33.3 Å². The van der Waals surface area contributed by atoms with Crippen molar-refractivity contribution in [3.05, 3.63) is 0 Å². The highest BCUT2D eigenvalue weighted by Gasteiger charge is 2.46. The Morgan fingerprint density at radius 3 is 2.35 bits per heavy atom. The number of hydrogen-bond donors (Lipinski definition) is 0. The molecule has 0 aliphatic heterocycles. The standard InChI is InChI=1S/C18H34O4Si/c1-8-9-10-14-15(17(20)21-5)11-13(19)12-16(14)22-23(6,7)18(2,3)4/h14-16H,8-12H2,1-7H3/t14-,15+,16-/m0/s1. The van der Waals surface area contributed by atoms with E-state index in [2.05, 4.69) is 40.8 Å². The first kappa shape index (κ1) is 20.4. The number of carbonyl (C=O) groups excluding carboxylic acids is 2. The van der Waals surface area contributed by atoms with Crippen LogP contribution >= 0.6 is 0 Å². The Bertz CT molecular complexity index is 425. The van der Waals surface area contributed by atoms with Crippen LogP contribution in [0, 0.1) is 11.8 Å². The monoisotopic (exact) mass is 342 g/mol. The van der Waals surface area contributed by atoms with Gasteiger partial charge in [-0.1, -0.05) is 40.5 Å². The molecule has 0 saturated heterocycles. The van der Waals surface area contributed by atoms with Gasteiger partial charge >= 0.3 is 5.97 Å². The summed E-state index contributed by atoms with van der Waals surface area (Å²) in [4.78, 5) is 24.4. The molecule has 3 atom stereocenters. The van der Waals surface area contributed by atoms with Crippen LogP contribution in [-0.2, 0) is 18.8 Å². The van der Waals surface area contributed by atoms with Gasteiger partial charge in [0.05, 0.1) is 19.1 Å². The zero-order valence-corrected chi connectivity index (χ0v) is 16.9. The van der Waals surface area contributed by atoms with E-state index in [1.807, 2.05) is 0 Å². The van der Waals surface area contributed by atoms with Gasteiger partial charge in [-0.3, -0.25) is 9.59 Å². The molecule has 0 aromatic carbocycles. The molecule has 134 valence electrons. The van der Waals surface area contributed by atoms with Crippen LogP contribution in [0.25, 0.3) is 0 Å². The van der Waals surface area contributed by atoms with E-state index < -0.39 is 8.32 Å². The van der Waals surface area contributed by atoms with Crippen LogP contribution in [0.5, 0.6) is 0 Å². The highest BCUT2D eigenvalue weighted by molar-refractivity contribution is 6.74.